The van der Waals surface area contributed by atoms with Crippen LogP contribution in [0.15, 0.2) is 24.3 Å². The van der Waals surface area contributed by atoms with Gasteiger partial charge in [-0.25, -0.2) is 4.79 Å². The monoisotopic (exact) mass is 297 g/mol. The van der Waals surface area contributed by atoms with Crippen molar-refractivity contribution >= 4 is 29.6 Å². The SMILES string of the molecule is CC(=O)OC[C@H](c1ccccc1C=S)[C@@H](O)OC(N)=O. The summed E-state index contributed by atoms with van der Waals surface area (Å²) in [6, 6.07) is 6.93. The van der Waals surface area contributed by atoms with Crippen molar-refractivity contribution < 1.29 is 24.2 Å². The highest BCUT2D eigenvalue weighted by Crippen LogP contribution is 2.24. The third kappa shape index (κ3) is 4.60. The van der Waals surface area contributed by atoms with Crippen LogP contribution in [-0.4, -0.2) is 35.4 Å². The molecule has 2 atom stereocenters. The zero-order valence-corrected chi connectivity index (χ0v) is 11.6. The van der Waals surface area contributed by atoms with Gasteiger partial charge >= 0.3 is 12.1 Å². The Balaban J connectivity index is 3.04. The van der Waals surface area contributed by atoms with Gasteiger partial charge in [-0.2, -0.15) is 0 Å². The largest absolute Gasteiger partial charge is 0.465 e. The standard InChI is InChI=1S/C13H15NO5S/c1-8(15)18-6-11(12(16)19-13(14)17)10-5-3-2-4-9(10)7-20/h2-5,7,11-12,16H,6H2,1H3,(H2,14,17)/t11-,12+/m1/s1. The molecule has 1 amide bonds. The molecule has 0 fully saturated rings. The Morgan fingerprint density at radius 1 is 1.45 bits per heavy atom. The average molecular weight is 297 g/mol. The summed E-state index contributed by atoms with van der Waals surface area (Å²) in [5.74, 6) is -1.29. The number of amides is 1. The number of aliphatic hydroxyl groups is 1. The maximum atomic E-state index is 10.9. The molecule has 0 aliphatic heterocycles. The fourth-order valence-corrected chi connectivity index (χ4v) is 1.90. The summed E-state index contributed by atoms with van der Waals surface area (Å²) in [6.45, 7) is 1.08. The minimum Gasteiger partial charge on any atom is -0.465 e. The average Bonchev–Trinajstić information content (AvgIpc) is 2.38. The summed E-state index contributed by atoms with van der Waals surface area (Å²) in [4.78, 5) is 21.7. The number of ether oxygens (including phenoxy) is 2. The van der Waals surface area contributed by atoms with Crippen LogP contribution in [0.25, 0.3) is 0 Å². The Morgan fingerprint density at radius 2 is 2.10 bits per heavy atom. The van der Waals surface area contributed by atoms with Crippen LogP contribution in [0, 0.1) is 0 Å². The lowest BCUT2D eigenvalue weighted by Crippen LogP contribution is -2.31. The first-order valence-electron chi connectivity index (χ1n) is 5.77. The van der Waals surface area contributed by atoms with E-state index >= 15 is 0 Å². The molecule has 0 radical (unpaired) electrons. The van der Waals surface area contributed by atoms with Gasteiger partial charge in [-0.05, 0) is 11.1 Å². The molecule has 0 heterocycles. The molecule has 1 aromatic carbocycles. The lowest BCUT2D eigenvalue weighted by Gasteiger charge is -2.23. The number of carbonyl (C=O) groups is 2. The minimum atomic E-state index is -1.54. The summed E-state index contributed by atoms with van der Waals surface area (Å²) in [6.07, 6.45) is -2.66. The number of esters is 1. The van der Waals surface area contributed by atoms with E-state index in [0.717, 1.165) is 0 Å². The van der Waals surface area contributed by atoms with E-state index in [4.69, 9.17) is 22.7 Å². The third-order valence-corrected chi connectivity index (χ3v) is 2.82. The molecule has 0 aliphatic carbocycles. The van der Waals surface area contributed by atoms with E-state index in [2.05, 4.69) is 4.74 Å². The molecule has 0 spiro atoms. The summed E-state index contributed by atoms with van der Waals surface area (Å²) < 4.78 is 9.44. The van der Waals surface area contributed by atoms with Crippen molar-refractivity contribution in [2.45, 2.75) is 19.1 Å². The Hall–Kier alpha value is -1.99. The van der Waals surface area contributed by atoms with Crippen LogP contribution in [0.3, 0.4) is 0 Å². The number of primary amides is 1. The fourth-order valence-electron chi connectivity index (χ4n) is 1.69. The highest BCUT2D eigenvalue weighted by Gasteiger charge is 2.27. The maximum absolute atomic E-state index is 10.9. The lowest BCUT2D eigenvalue weighted by atomic mass is 9.95. The zero-order chi connectivity index (χ0) is 15.1. The number of hydrogen-bond donors (Lipinski definition) is 2. The summed E-state index contributed by atoms with van der Waals surface area (Å²) in [5, 5.41) is 11.3. The smallest absolute Gasteiger partial charge is 0.406 e. The molecule has 20 heavy (non-hydrogen) atoms. The van der Waals surface area contributed by atoms with Crippen molar-refractivity contribution in [3.05, 3.63) is 35.4 Å². The molecule has 0 bridgehead atoms. The molecule has 3 N–H and O–H groups in total. The molecule has 7 heteroatoms. The van der Waals surface area contributed by atoms with E-state index in [9.17, 15) is 14.7 Å². The fraction of sp³-hybridized carbons (Fsp3) is 0.308. The third-order valence-electron chi connectivity index (χ3n) is 2.57. The topological polar surface area (TPSA) is 98.8 Å². The van der Waals surface area contributed by atoms with Crippen LogP contribution in [-0.2, 0) is 14.3 Å². The predicted molar refractivity (Wildman–Crippen MR) is 75.2 cm³/mol. The normalized spacial score (nSPS) is 13.1. The number of hydrogen-bond acceptors (Lipinski definition) is 6. The number of rotatable bonds is 6. The van der Waals surface area contributed by atoms with Gasteiger partial charge in [0.1, 0.15) is 6.61 Å². The first kappa shape index (κ1) is 16.1. The van der Waals surface area contributed by atoms with Gasteiger partial charge in [0.15, 0.2) is 0 Å². The van der Waals surface area contributed by atoms with Crippen molar-refractivity contribution in [2.75, 3.05) is 6.61 Å². The second-order valence-corrected chi connectivity index (χ2v) is 4.22. The highest BCUT2D eigenvalue weighted by atomic mass is 32.1. The van der Waals surface area contributed by atoms with E-state index < -0.39 is 24.3 Å². The summed E-state index contributed by atoms with van der Waals surface area (Å²) in [5.41, 5.74) is 6.13. The van der Waals surface area contributed by atoms with Gasteiger partial charge in [-0.1, -0.05) is 36.5 Å². The van der Waals surface area contributed by atoms with E-state index in [0.29, 0.717) is 11.1 Å². The first-order chi connectivity index (χ1) is 9.45. The molecule has 1 aromatic rings. The Labute approximate surface area is 121 Å². The minimum absolute atomic E-state index is 0.163. The Morgan fingerprint density at radius 3 is 2.65 bits per heavy atom. The van der Waals surface area contributed by atoms with Crippen molar-refractivity contribution in [3.63, 3.8) is 0 Å². The van der Waals surface area contributed by atoms with E-state index in [1.54, 1.807) is 24.3 Å². The first-order valence-corrected chi connectivity index (χ1v) is 6.24. The molecule has 0 aromatic heterocycles. The Kier molecular flexibility index (Phi) is 6.08. The van der Waals surface area contributed by atoms with Crippen molar-refractivity contribution in [1.29, 1.82) is 0 Å². The molecular weight excluding hydrogens is 282 g/mol. The van der Waals surface area contributed by atoms with Crippen molar-refractivity contribution in [1.82, 2.24) is 0 Å². The lowest BCUT2D eigenvalue weighted by molar-refractivity contribution is -0.145. The van der Waals surface area contributed by atoms with Gasteiger partial charge in [-0.15, -0.1) is 0 Å². The van der Waals surface area contributed by atoms with E-state index in [1.165, 1.54) is 12.3 Å². The highest BCUT2D eigenvalue weighted by molar-refractivity contribution is 7.79. The molecule has 1 rings (SSSR count). The van der Waals surface area contributed by atoms with Crippen molar-refractivity contribution in [2.24, 2.45) is 5.73 Å². The predicted octanol–water partition coefficient (Wildman–Crippen LogP) is 1.09. The second kappa shape index (κ2) is 7.56. The van der Waals surface area contributed by atoms with Gasteiger partial charge in [-0.3, -0.25) is 4.79 Å². The summed E-state index contributed by atoms with van der Waals surface area (Å²) in [7, 11) is 0. The molecule has 0 unspecified atom stereocenters. The van der Waals surface area contributed by atoms with Crippen LogP contribution in [0.5, 0.6) is 0 Å². The molecule has 0 aliphatic rings. The maximum Gasteiger partial charge on any atom is 0.406 e. The van der Waals surface area contributed by atoms with Gasteiger partial charge in [0, 0.05) is 12.3 Å². The second-order valence-electron chi connectivity index (χ2n) is 3.98. The molecule has 6 nitrogen and oxygen atoms in total. The van der Waals surface area contributed by atoms with Crippen LogP contribution >= 0.6 is 12.2 Å². The molecular formula is C13H15NO5S. The molecule has 0 saturated carbocycles. The van der Waals surface area contributed by atoms with Crippen LogP contribution in [0.2, 0.25) is 0 Å². The number of carbonyl (C=O) groups excluding carboxylic acids is 2. The van der Waals surface area contributed by atoms with Crippen LogP contribution in [0.1, 0.15) is 24.0 Å². The number of nitrogens with two attached hydrogens (primary N) is 1. The molecule has 108 valence electrons. The van der Waals surface area contributed by atoms with Crippen LogP contribution < -0.4 is 5.73 Å². The van der Waals surface area contributed by atoms with Gasteiger partial charge in [0.2, 0.25) is 6.29 Å². The quantitative estimate of drug-likeness (QED) is 0.463. The number of thiocarbonyl (C=S) groups is 1. The summed E-state index contributed by atoms with van der Waals surface area (Å²) >= 11 is 4.89. The number of aliphatic hydroxyl groups excluding tert-OH is 1. The van der Waals surface area contributed by atoms with E-state index in [-0.39, 0.29) is 6.61 Å². The molecule has 0 saturated heterocycles. The van der Waals surface area contributed by atoms with Gasteiger partial charge in [0.05, 0.1) is 5.92 Å². The van der Waals surface area contributed by atoms with Gasteiger partial charge < -0.3 is 20.3 Å². The van der Waals surface area contributed by atoms with Crippen molar-refractivity contribution in [3.8, 4) is 0 Å². The zero-order valence-electron chi connectivity index (χ0n) is 10.8. The van der Waals surface area contributed by atoms with Gasteiger partial charge in [0.25, 0.3) is 0 Å². The van der Waals surface area contributed by atoms with Crippen LogP contribution in [0.4, 0.5) is 4.79 Å². The Bertz CT molecular complexity index is 505. The number of benzene rings is 1. The van der Waals surface area contributed by atoms with E-state index in [1.807, 2.05) is 0 Å².